The first-order chi connectivity index (χ1) is 5.86. The van der Waals surface area contributed by atoms with Crippen LogP contribution in [0.1, 0.15) is 24.6 Å². The van der Waals surface area contributed by atoms with Crippen LogP contribution in [0, 0.1) is 0 Å². The van der Waals surface area contributed by atoms with Crippen LogP contribution in [0.15, 0.2) is 17.0 Å². The van der Waals surface area contributed by atoms with Crippen molar-refractivity contribution in [3.63, 3.8) is 0 Å². The molecular formula is C8H9BrN2O. The Balaban J connectivity index is 2.21. The number of nitrogens with zero attached hydrogens (tertiary/aromatic N) is 2. The van der Waals surface area contributed by atoms with Gasteiger partial charge in [0.1, 0.15) is 10.9 Å². The lowest BCUT2D eigenvalue weighted by Crippen LogP contribution is -1.99. The highest BCUT2D eigenvalue weighted by Gasteiger charge is 2.18. The van der Waals surface area contributed by atoms with Crippen molar-refractivity contribution in [1.29, 1.82) is 0 Å². The summed E-state index contributed by atoms with van der Waals surface area (Å²) in [4.78, 5) is 8.12. The van der Waals surface area contributed by atoms with Gasteiger partial charge in [0.25, 0.3) is 0 Å². The van der Waals surface area contributed by atoms with E-state index in [1.807, 2.05) is 6.07 Å². The first kappa shape index (κ1) is 8.13. The molecule has 0 saturated carbocycles. The Bertz CT molecular complexity index is 274. The molecule has 0 spiro atoms. The summed E-state index contributed by atoms with van der Waals surface area (Å²) in [7, 11) is 0. The molecule has 0 amide bonds. The lowest BCUT2D eigenvalue weighted by molar-refractivity contribution is 0.108. The molecule has 4 heteroatoms. The van der Waals surface area contributed by atoms with E-state index < -0.39 is 0 Å². The van der Waals surface area contributed by atoms with Gasteiger partial charge in [-0.2, -0.15) is 0 Å². The van der Waals surface area contributed by atoms with Gasteiger partial charge in [-0.15, -0.1) is 0 Å². The molecule has 0 radical (unpaired) electrons. The van der Waals surface area contributed by atoms with E-state index in [-0.39, 0.29) is 6.10 Å². The smallest absolute Gasteiger partial charge is 0.117 e. The van der Waals surface area contributed by atoms with Gasteiger partial charge in [-0.3, -0.25) is 0 Å². The third kappa shape index (κ3) is 1.64. The van der Waals surface area contributed by atoms with Crippen LogP contribution in [0.25, 0.3) is 0 Å². The lowest BCUT2D eigenvalue weighted by Gasteiger charge is -2.07. The molecule has 1 unspecified atom stereocenters. The standard InChI is InChI=1S/C8H9BrN2O/c9-8-4-6(10-5-11-8)7-2-1-3-12-7/h4-5,7H,1-3H2. The van der Waals surface area contributed by atoms with Crippen molar-refractivity contribution in [3.05, 3.63) is 22.7 Å². The molecule has 12 heavy (non-hydrogen) atoms. The van der Waals surface area contributed by atoms with Crippen LogP contribution in [-0.4, -0.2) is 16.6 Å². The average molecular weight is 229 g/mol. The number of halogens is 1. The Morgan fingerprint density at radius 2 is 2.42 bits per heavy atom. The molecule has 64 valence electrons. The van der Waals surface area contributed by atoms with E-state index in [0.29, 0.717) is 0 Å². The minimum absolute atomic E-state index is 0.185. The summed E-state index contributed by atoms with van der Waals surface area (Å²) in [5.74, 6) is 0. The molecule has 0 N–H and O–H groups in total. The zero-order valence-electron chi connectivity index (χ0n) is 6.53. The molecular weight excluding hydrogens is 220 g/mol. The van der Waals surface area contributed by atoms with Crippen molar-refractivity contribution in [2.75, 3.05) is 6.61 Å². The fourth-order valence-corrected chi connectivity index (χ4v) is 1.66. The summed E-state index contributed by atoms with van der Waals surface area (Å²) >= 11 is 3.30. The minimum Gasteiger partial charge on any atom is -0.372 e. The van der Waals surface area contributed by atoms with Crippen molar-refractivity contribution in [1.82, 2.24) is 9.97 Å². The summed E-state index contributed by atoms with van der Waals surface area (Å²) in [6.07, 6.45) is 3.95. The molecule has 1 aliphatic rings. The molecule has 3 nitrogen and oxygen atoms in total. The molecule has 0 bridgehead atoms. The monoisotopic (exact) mass is 228 g/mol. The van der Waals surface area contributed by atoms with E-state index in [1.54, 1.807) is 6.33 Å². The molecule has 0 aromatic carbocycles. The second-order valence-corrected chi connectivity index (χ2v) is 3.58. The predicted molar refractivity (Wildman–Crippen MR) is 47.7 cm³/mol. The van der Waals surface area contributed by atoms with Crippen LogP contribution in [0.3, 0.4) is 0 Å². The number of hydrogen-bond donors (Lipinski definition) is 0. The molecule has 1 saturated heterocycles. The fraction of sp³-hybridized carbons (Fsp3) is 0.500. The molecule has 1 aliphatic heterocycles. The maximum absolute atomic E-state index is 5.48. The second kappa shape index (κ2) is 3.49. The highest BCUT2D eigenvalue weighted by Crippen LogP contribution is 2.27. The summed E-state index contributed by atoms with van der Waals surface area (Å²) in [6, 6.07) is 1.91. The largest absolute Gasteiger partial charge is 0.372 e. The van der Waals surface area contributed by atoms with E-state index in [9.17, 15) is 0 Å². The van der Waals surface area contributed by atoms with E-state index >= 15 is 0 Å². The van der Waals surface area contributed by atoms with Crippen molar-refractivity contribution in [2.24, 2.45) is 0 Å². The zero-order valence-corrected chi connectivity index (χ0v) is 8.12. The zero-order chi connectivity index (χ0) is 8.39. The third-order valence-electron chi connectivity index (χ3n) is 1.91. The minimum atomic E-state index is 0.185. The molecule has 0 aliphatic carbocycles. The maximum atomic E-state index is 5.48. The van der Waals surface area contributed by atoms with Crippen molar-refractivity contribution >= 4 is 15.9 Å². The Morgan fingerprint density at radius 3 is 3.08 bits per heavy atom. The Kier molecular flexibility index (Phi) is 2.37. The SMILES string of the molecule is Brc1cc(C2CCCO2)ncn1. The van der Waals surface area contributed by atoms with Crippen molar-refractivity contribution < 1.29 is 4.74 Å². The number of aromatic nitrogens is 2. The lowest BCUT2D eigenvalue weighted by atomic mass is 10.2. The Morgan fingerprint density at radius 1 is 1.50 bits per heavy atom. The molecule has 1 fully saturated rings. The van der Waals surface area contributed by atoms with Gasteiger partial charge in [0.05, 0.1) is 11.8 Å². The van der Waals surface area contributed by atoms with Gasteiger partial charge in [-0.25, -0.2) is 9.97 Å². The van der Waals surface area contributed by atoms with Gasteiger partial charge in [0, 0.05) is 6.61 Å². The van der Waals surface area contributed by atoms with E-state index in [0.717, 1.165) is 29.7 Å². The number of hydrogen-bond acceptors (Lipinski definition) is 3. The van der Waals surface area contributed by atoms with E-state index in [2.05, 4.69) is 25.9 Å². The van der Waals surface area contributed by atoms with Crippen LogP contribution in [0.5, 0.6) is 0 Å². The average Bonchev–Trinajstić information content (AvgIpc) is 2.56. The van der Waals surface area contributed by atoms with Crippen molar-refractivity contribution in [3.8, 4) is 0 Å². The maximum Gasteiger partial charge on any atom is 0.117 e. The second-order valence-electron chi connectivity index (χ2n) is 2.77. The Labute approximate surface area is 79.3 Å². The predicted octanol–water partition coefficient (Wildman–Crippen LogP) is 2.09. The molecule has 1 aromatic rings. The third-order valence-corrected chi connectivity index (χ3v) is 2.35. The highest BCUT2D eigenvalue weighted by molar-refractivity contribution is 9.10. The summed E-state index contributed by atoms with van der Waals surface area (Å²) in [5, 5.41) is 0. The topological polar surface area (TPSA) is 35.0 Å². The van der Waals surface area contributed by atoms with Gasteiger partial charge in [-0.05, 0) is 34.8 Å². The van der Waals surface area contributed by atoms with Gasteiger partial charge < -0.3 is 4.74 Å². The molecule has 1 atom stereocenters. The van der Waals surface area contributed by atoms with Gasteiger partial charge in [0.15, 0.2) is 0 Å². The summed E-state index contributed by atoms with van der Waals surface area (Å²) in [6.45, 7) is 0.853. The van der Waals surface area contributed by atoms with Crippen molar-refractivity contribution in [2.45, 2.75) is 18.9 Å². The van der Waals surface area contributed by atoms with Gasteiger partial charge in [-0.1, -0.05) is 0 Å². The van der Waals surface area contributed by atoms with Crippen LogP contribution in [0.4, 0.5) is 0 Å². The van der Waals surface area contributed by atoms with Crippen LogP contribution >= 0.6 is 15.9 Å². The van der Waals surface area contributed by atoms with E-state index in [4.69, 9.17) is 4.74 Å². The molecule has 2 heterocycles. The summed E-state index contributed by atoms with van der Waals surface area (Å²) in [5.41, 5.74) is 0.981. The molecule has 1 aromatic heterocycles. The van der Waals surface area contributed by atoms with Crippen LogP contribution in [0.2, 0.25) is 0 Å². The van der Waals surface area contributed by atoms with E-state index in [1.165, 1.54) is 0 Å². The molecule has 2 rings (SSSR count). The first-order valence-electron chi connectivity index (χ1n) is 3.95. The van der Waals surface area contributed by atoms with Gasteiger partial charge >= 0.3 is 0 Å². The normalized spacial score (nSPS) is 22.9. The number of rotatable bonds is 1. The highest BCUT2D eigenvalue weighted by atomic mass is 79.9. The fourth-order valence-electron chi connectivity index (χ4n) is 1.33. The first-order valence-corrected chi connectivity index (χ1v) is 4.74. The Hall–Kier alpha value is -0.480. The number of ether oxygens (including phenoxy) is 1. The van der Waals surface area contributed by atoms with Crippen LogP contribution in [-0.2, 0) is 4.74 Å². The van der Waals surface area contributed by atoms with Crippen LogP contribution < -0.4 is 0 Å². The summed E-state index contributed by atoms with van der Waals surface area (Å²) < 4.78 is 6.31. The van der Waals surface area contributed by atoms with Gasteiger partial charge in [0.2, 0.25) is 0 Å². The quantitative estimate of drug-likeness (QED) is 0.691.